The van der Waals surface area contributed by atoms with E-state index in [0.717, 1.165) is 32.4 Å². The van der Waals surface area contributed by atoms with E-state index in [4.69, 9.17) is 16.0 Å². The number of H-pyrrole nitrogens is 1. The van der Waals surface area contributed by atoms with E-state index in [1.54, 1.807) is 24.3 Å². The molecule has 0 saturated carbocycles. The molecule has 9 heteroatoms. The van der Waals surface area contributed by atoms with Crippen LogP contribution in [0.4, 0.5) is 0 Å². The van der Waals surface area contributed by atoms with Crippen LogP contribution in [-0.4, -0.2) is 24.7 Å². The molecule has 0 radical (unpaired) electrons. The molecule has 3 aromatic heterocycles. The summed E-state index contributed by atoms with van der Waals surface area (Å²) in [6, 6.07) is 11.9. The Morgan fingerprint density at radius 2 is 2.00 bits per heavy atom. The molecule has 1 N–H and O–H groups in total. The number of rotatable bonds is 5. The van der Waals surface area contributed by atoms with Crippen LogP contribution >= 0.6 is 23.4 Å². The molecule has 0 saturated heterocycles. The van der Waals surface area contributed by atoms with Crippen molar-refractivity contribution in [2.75, 3.05) is 0 Å². The Bertz CT molecular complexity index is 1270. The van der Waals surface area contributed by atoms with Crippen LogP contribution in [0.2, 0.25) is 5.02 Å². The first-order valence-electron chi connectivity index (χ1n) is 8.77. The number of aromatic amines is 1. The summed E-state index contributed by atoms with van der Waals surface area (Å²) in [5.41, 5.74) is 3.93. The number of nitrogens with one attached hydrogen (secondary N) is 1. The van der Waals surface area contributed by atoms with E-state index < -0.39 is 5.76 Å². The van der Waals surface area contributed by atoms with Crippen molar-refractivity contribution >= 4 is 28.9 Å². The molecule has 5 rings (SSSR count). The Morgan fingerprint density at radius 1 is 1.17 bits per heavy atom. The van der Waals surface area contributed by atoms with Gasteiger partial charge in [0, 0.05) is 30.3 Å². The monoisotopic (exact) mass is 423 g/mol. The summed E-state index contributed by atoms with van der Waals surface area (Å²) in [6.45, 7) is 0. The van der Waals surface area contributed by atoms with Crippen LogP contribution in [0.15, 0.2) is 74.3 Å². The van der Waals surface area contributed by atoms with Gasteiger partial charge in [-0.3, -0.25) is 0 Å². The molecule has 144 valence electrons. The van der Waals surface area contributed by atoms with Crippen LogP contribution in [-0.2, 0) is 7.05 Å². The molecule has 1 aromatic carbocycles. The zero-order chi connectivity index (χ0) is 20.0. The van der Waals surface area contributed by atoms with Gasteiger partial charge in [-0.25, -0.2) is 19.9 Å². The second-order valence-electron chi connectivity index (χ2n) is 6.57. The summed E-state index contributed by atoms with van der Waals surface area (Å²) in [6.07, 6.45) is 5.44. The van der Waals surface area contributed by atoms with Crippen molar-refractivity contribution in [2.24, 2.45) is 7.05 Å². The molecule has 0 unspecified atom stereocenters. The minimum Gasteiger partial charge on any atom is -0.388 e. The number of hydrogen-bond donors (Lipinski definition) is 1. The van der Waals surface area contributed by atoms with Gasteiger partial charge in [0.15, 0.2) is 0 Å². The highest BCUT2D eigenvalue weighted by Gasteiger charge is 2.31. The van der Waals surface area contributed by atoms with E-state index in [1.165, 1.54) is 0 Å². The van der Waals surface area contributed by atoms with Gasteiger partial charge in [-0.15, -0.1) is 5.10 Å². The normalized spacial score (nSPS) is 15.4. The molecule has 4 aromatic rings. The lowest BCUT2D eigenvalue weighted by Crippen LogP contribution is -1.93. The lowest BCUT2D eigenvalue weighted by atomic mass is 10.0. The van der Waals surface area contributed by atoms with Crippen molar-refractivity contribution in [3.63, 3.8) is 0 Å². The second kappa shape index (κ2) is 7.06. The minimum atomic E-state index is -0.544. The number of aromatic nitrogens is 5. The van der Waals surface area contributed by atoms with Gasteiger partial charge in [0.2, 0.25) is 5.89 Å². The van der Waals surface area contributed by atoms with Crippen LogP contribution in [0.25, 0.3) is 16.8 Å². The van der Waals surface area contributed by atoms with E-state index in [-0.39, 0.29) is 5.92 Å². The number of hydrogen-bond acceptors (Lipinski definition) is 6. The minimum absolute atomic E-state index is 0.117. The standard InChI is InChI=1S/C20H14ClN5O2S/c1-26-10-23-17(19(26)29-16-7-6-13(21)9-22-16)12-4-2-11(3-5-12)14-8-15(14)18-24-25-20(27)28-18/h2-10,14H,1H3,(H,25,27)/t14-/m1/s1. The number of nitrogens with zero attached hydrogens (tertiary/aromatic N) is 4. The first-order chi connectivity index (χ1) is 14.1. The molecule has 0 bridgehead atoms. The fourth-order valence-electron chi connectivity index (χ4n) is 3.07. The zero-order valence-corrected chi connectivity index (χ0v) is 16.7. The van der Waals surface area contributed by atoms with E-state index in [2.05, 4.69) is 32.3 Å². The zero-order valence-electron chi connectivity index (χ0n) is 15.2. The third-order valence-electron chi connectivity index (χ3n) is 4.58. The molecule has 7 nitrogen and oxygen atoms in total. The van der Waals surface area contributed by atoms with Gasteiger partial charge in [0.25, 0.3) is 0 Å². The van der Waals surface area contributed by atoms with E-state index in [1.807, 2.05) is 42.0 Å². The van der Waals surface area contributed by atoms with Crippen LogP contribution in [0.5, 0.6) is 0 Å². The van der Waals surface area contributed by atoms with Gasteiger partial charge in [0.1, 0.15) is 15.7 Å². The second-order valence-corrected chi connectivity index (χ2v) is 8.01. The molecule has 0 amide bonds. The Balaban J connectivity index is 1.37. The lowest BCUT2D eigenvalue weighted by Gasteiger charge is -2.07. The molecular weight excluding hydrogens is 410 g/mol. The van der Waals surface area contributed by atoms with Gasteiger partial charge in [-0.2, -0.15) is 0 Å². The van der Waals surface area contributed by atoms with Crippen molar-refractivity contribution in [3.05, 3.63) is 82.0 Å². The summed E-state index contributed by atoms with van der Waals surface area (Å²) in [4.78, 5) is 20.0. The van der Waals surface area contributed by atoms with Crippen LogP contribution in [0.1, 0.15) is 17.4 Å². The van der Waals surface area contributed by atoms with Crippen molar-refractivity contribution < 1.29 is 4.42 Å². The van der Waals surface area contributed by atoms with Crippen LogP contribution in [0.3, 0.4) is 0 Å². The largest absolute Gasteiger partial charge is 0.434 e. The van der Waals surface area contributed by atoms with Crippen LogP contribution in [0, 0.1) is 0 Å². The van der Waals surface area contributed by atoms with Gasteiger partial charge < -0.3 is 8.98 Å². The smallest absolute Gasteiger partial charge is 0.388 e. The summed E-state index contributed by atoms with van der Waals surface area (Å²) in [5.74, 6) is -0.0773. The Hall–Kier alpha value is -3.10. The van der Waals surface area contributed by atoms with Crippen molar-refractivity contribution in [1.29, 1.82) is 0 Å². The summed E-state index contributed by atoms with van der Waals surface area (Å²) in [5, 5.41) is 8.62. The van der Waals surface area contributed by atoms with Crippen molar-refractivity contribution in [3.8, 4) is 11.3 Å². The summed E-state index contributed by atoms with van der Waals surface area (Å²) < 4.78 is 6.99. The fourth-order valence-corrected chi connectivity index (χ4v) is 4.08. The van der Waals surface area contributed by atoms with Gasteiger partial charge >= 0.3 is 5.76 Å². The Kier molecular flexibility index (Phi) is 4.37. The molecule has 1 atom stereocenters. The molecule has 1 aliphatic carbocycles. The van der Waals surface area contributed by atoms with Gasteiger partial charge in [-0.1, -0.05) is 41.9 Å². The molecule has 1 aliphatic rings. The lowest BCUT2D eigenvalue weighted by molar-refractivity contribution is 0.500. The number of aryl methyl sites for hydroxylation is 1. The van der Waals surface area contributed by atoms with E-state index in [9.17, 15) is 4.79 Å². The molecule has 3 heterocycles. The fraction of sp³-hybridized carbons (Fsp3) is 0.100. The van der Waals surface area contributed by atoms with Gasteiger partial charge in [0.05, 0.1) is 11.3 Å². The van der Waals surface area contributed by atoms with Crippen molar-refractivity contribution in [2.45, 2.75) is 16.0 Å². The molecule has 0 fully saturated rings. The highest BCUT2D eigenvalue weighted by Crippen LogP contribution is 2.45. The third kappa shape index (κ3) is 3.52. The highest BCUT2D eigenvalue weighted by atomic mass is 35.5. The van der Waals surface area contributed by atoms with Crippen LogP contribution < -0.4 is 5.76 Å². The topological polar surface area (TPSA) is 89.6 Å². The molecule has 0 aliphatic heterocycles. The SMILES string of the molecule is Cn1cnc(-c2ccc([C@H]3C=C3c3n[nH]c(=O)o3)cc2)c1Sc1ccc(Cl)cn1. The Morgan fingerprint density at radius 3 is 2.69 bits per heavy atom. The average molecular weight is 424 g/mol. The Labute approximate surface area is 174 Å². The highest BCUT2D eigenvalue weighted by molar-refractivity contribution is 7.99. The maximum atomic E-state index is 11.1. The molecular formula is C20H14ClN5O2S. The number of allylic oxidation sites excluding steroid dienone is 2. The van der Waals surface area contributed by atoms with Crippen molar-refractivity contribution in [1.82, 2.24) is 24.7 Å². The maximum absolute atomic E-state index is 11.1. The third-order valence-corrected chi connectivity index (χ3v) is 5.93. The predicted octanol–water partition coefficient (Wildman–Crippen LogP) is 4.14. The summed E-state index contributed by atoms with van der Waals surface area (Å²) >= 11 is 7.47. The summed E-state index contributed by atoms with van der Waals surface area (Å²) in [7, 11) is 1.96. The van der Waals surface area contributed by atoms with Gasteiger partial charge in [-0.05, 0) is 29.5 Å². The average Bonchev–Trinajstić information content (AvgIpc) is 3.28. The first kappa shape index (κ1) is 18.0. The number of benzene rings is 1. The number of imidazole rings is 1. The number of pyridine rings is 1. The van der Waals surface area contributed by atoms with E-state index in [0.29, 0.717) is 10.9 Å². The predicted molar refractivity (Wildman–Crippen MR) is 110 cm³/mol. The van der Waals surface area contributed by atoms with E-state index >= 15 is 0 Å². The quantitative estimate of drug-likeness (QED) is 0.518. The number of halogens is 1. The molecule has 29 heavy (non-hydrogen) atoms. The first-order valence-corrected chi connectivity index (χ1v) is 9.96. The maximum Gasteiger partial charge on any atom is 0.434 e. The molecule has 0 spiro atoms.